The Balaban J connectivity index is 2.25. The van der Waals surface area contributed by atoms with Crippen LogP contribution in [0.25, 0.3) is 0 Å². The summed E-state index contributed by atoms with van der Waals surface area (Å²) in [6.07, 6.45) is 3.24. The summed E-state index contributed by atoms with van der Waals surface area (Å²) in [5, 5.41) is 12.1. The summed E-state index contributed by atoms with van der Waals surface area (Å²) >= 11 is 0. The summed E-state index contributed by atoms with van der Waals surface area (Å²) in [5.74, 6) is 0. The van der Waals surface area contributed by atoms with Gasteiger partial charge in [0.2, 0.25) is 0 Å². The van der Waals surface area contributed by atoms with Gasteiger partial charge in [0.15, 0.2) is 0 Å². The van der Waals surface area contributed by atoms with Gasteiger partial charge in [-0.3, -0.25) is 4.98 Å². The number of pyridine rings is 1. The van der Waals surface area contributed by atoms with Crippen molar-refractivity contribution in [3.8, 4) is 0 Å². The first-order valence-corrected chi connectivity index (χ1v) is 4.06. The second-order valence-electron chi connectivity index (χ2n) is 2.84. The number of aliphatic hydroxyl groups is 1. The number of nitrogens with one attached hydrogen (secondary N) is 1. The fourth-order valence-corrected chi connectivity index (χ4v) is 0.926. The zero-order valence-corrected chi connectivity index (χ0v) is 7.20. The quantitative estimate of drug-likeness (QED) is 0.686. The third kappa shape index (κ3) is 3.46. The molecule has 12 heavy (non-hydrogen) atoms. The van der Waals surface area contributed by atoms with E-state index in [0.717, 1.165) is 6.54 Å². The Bertz CT molecular complexity index is 211. The molecule has 2 N–H and O–H groups in total. The first kappa shape index (κ1) is 9.16. The molecular weight excluding hydrogens is 152 g/mol. The maximum atomic E-state index is 8.96. The Kier molecular flexibility index (Phi) is 3.70. The molecule has 0 aromatic carbocycles. The van der Waals surface area contributed by atoms with Crippen molar-refractivity contribution in [2.24, 2.45) is 0 Å². The van der Waals surface area contributed by atoms with Gasteiger partial charge in [-0.15, -0.1) is 0 Å². The van der Waals surface area contributed by atoms with Gasteiger partial charge in [0.1, 0.15) is 0 Å². The summed E-state index contributed by atoms with van der Waals surface area (Å²) in [5.41, 5.74) is 1.19. The highest BCUT2D eigenvalue weighted by Gasteiger charge is 1.94. The molecule has 0 bridgehead atoms. The van der Waals surface area contributed by atoms with Crippen LogP contribution in [0, 0.1) is 0 Å². The number of aromatic nitrogens is 1. The van der Waals surface area contributed by atoms with Crippen LogP contribution in [0.4, 0.5) is 0 Å². The lowest BCUT2D eigenvalue weighted by Gasteiger charge is -2.05. The van der Waals surface area contributed by atoms with Crippen LogP contribution >= 0.6 is 0 Å². The van der Waals surface area contributed by atoms with Crippen LogP contribution in [-0.2, 0) is 6.54 Å². The maximum Gasteiger partial charge on any atom is 0.0636 e. The van der Waals surface area contributed by atoms with Crippen molar-refractivity contribution in [2.75, 3.05) is 6.54 Å². The average molecular weight is 166 g/mol. The van der Waals surface area contributed by atoms with E-state index in [1.165, 1.54) is 5.56 Å². The second-order valence-corrected chi connectivity index (χ2v) is 2.84. The zero-order valence-electron chi connectivity index (χ0n) is 7.20. The Morgan fingerprint density at radius 2 is 2.17 bits per heavy atom. The lowest BCUT2D eigenvalue weighted by atomic mass is 10.2. The molecule has 0 amide bonds. The normalized spacial score (nSPS) is 12.8. The van der Waals surface area contributed by atoms with Gasteiger partial charge in [0.05, 0.1) is 6.10 Å². The molecule has 1 aromatic heterocycles. The Labute approximate surface area is 72.5 Å². The van der Waals surface area contributed by atoms with E-state index in [2.05, 4.69) is 10.3 Å². The van der Waals surface area contributed by atoms with E-state index in [9.17, 15) is 0 Å². The van der Waals surface area contributed by atoms with Crippen LogP contribution in [-0.4, -0.2) is 22.7 Å². The van der Waals surface area contributed by atoms with Gasteiger partial charge < -0.3 is 10.4 Å². The molecule has 0 aliphatic carbocycles. The Hall–Kier alpha value is -0.930. The molecular formula is C9H14N2O. The van der Waals surface area contributed by atoms with Crippen molar-refractivity contribution in [3.63, 3.8) is 0 Å². The van der Waals surface area contributed by atoms with E-state index in [1.807, 2.05) is 12.1 Å². The highest BCUT2D eigenvalue weighted by Crippen LogP contribution is 1.94. The van der Waals surface area contributed by atoms with Crippen LogP contribution in [0.1, 0.15) is 12.5 Å². The first-order chi connectivity index (χ1) is 5.79. The van der Waals surface area contributed by atoms with E-state index >= 15 is 0 Å². The second kappa shape index (κ2) is 4.85. The summed E-state index contributed by atoms with van der Waals surface area (Å²) in [4.78, 5) is 3.91. The molecule has 0 spiro atoms. The van der Waals surface area contributed by atoms with Crippen molar-refractivity contribution in [2.45, 2.75) is 19.6 Å². The molecule has 0 aliphatic heterocycles. The SMILES string of the molecule is C[C@H](O)CNCc1ccncc1. The van der Waals surface area contributed by atoms with E-state index in [4.69, 9.17) is 5.11 Å². The van der Waals surface area contributed by atoms with Gasteiger partial charge in [0, 0.05) is 25.5 Å². The minimum Gasteiger partial charge on any atom is -0.392 e. The maximum absolute atomic E-state index is 8.96. The number of hydrogen-bond donors (Lipinski definition) is 2. The fourth-order valence-electron chi connectivity index (χ4n) is 0.926. The van der Waals surface area contributed by atoms with Crippen molar-refractivity contribution >= 4 is 0 Å². The van der Waals surface area contributed by atoms with Gasteiger partial charge >= 0.3 is 0 Å². The van der Waals surface area contributed by atoms with Crippen molar-refractivity contribution in [1.82, 2.24) is 10.3 Å². The van der Waals surface area contributed by atoms with E-state index in [0.29, 0.717) is 6.54 Å². The van der Waals surface area contributed by atoms with Gasteiger partial charge in [-0.05, 0) is 24.6 Å². The molecule has 1 aromatic rings. The molecule has 0 radical (unpaired) electrons. The van der Waals surface area contributed by atoms with E-state index in [-0.39, 0.29) is 6.10 Å². The fraction of sp³-hybridized carbons (Fsp3) is 0.444. The van der Waals surface area contributed by atoms with Crippen LogP contribution < -0.4 is 5.32 Å². The van der Waals surface area contributed by atoms with Gasteiger partial charge in [-0.2, -0.15) is 0 Å². The number of hydrogen-bond acceptors (Lipinski definition) is 3. The minimum absolute atomic E-state index is 0.285. The van der Waals surface area contributed by atoms with Gasteiger partial charge in [-0.1, -0.05) is 0 Å². The minimum atomic E-state index is -0.285. The van der Waals surface area contributed by atoms with Crippen LogP contribution in [0.2, 0.25) is 0 Å². The highest BCUT2D eigenvalue weighted by atomic mass is 16.3. The van der Waals surface area contributed by atoms with Crippen LogP contribution in [0.3, 0.4) is 0 Å². The smallest absolute Gasteiger partial charge is 0.0636 e. The van der Waals surface area contributed by atoms with Crippen LogP contribution in [0.15, 0.2) is 24.5 Å². The molecule has 0 fully saturated rings. The number of nitrogens with zero attached hydrogens (tertiary/aromatic N) is 1. The van der Waals surface area contributed by atoms with Gasteiger partial charge in [0.25, 0.3) is 0 Å². The Morgan fingerprint density at radius 3 is 2.75 bits per heavy atom. The lowest BCUT2D eigenvalue weighted by molar-refractivity contribution is 0.191. The summed E-state index contributed by atoms with van der Waals surface area (Å²) in [6.45, 7) is 3.18. The number of rotatable bonds is 4. The molecule has 0 saturated carbocycles. The average Bonchev–Trinajstić information content (AvgIpc) is 2.05. The molecule has 1 rings (SSSR count). The summed E-state index contributed by atoms with van der Waals surface area (Å²) < 4.78 is 0. The summed E-state index contributed by atoms with van der Waals surface area (Å²) in [6, 6.07) is 3.91. The summed E-state index contributed by atoms with van der Waals surface area (Å²) in [7, 11) is 0. The van der Waals surface area contributed by atoms with E-state index < -0.39 is 0 Å². The van der Waals surface area contributed by atoms with Crippen molar-refractivity contribution in [3.05, 3.63) is 30.1 Å². The van der Waals surface area contributed by atoms with Gasteiger partial charge in [-0.25, -0.2) is 0 Å². The molecule has 0 unspecified atom stereocenters. The standard InChI is InChI=1S/C9H14N2O/c1-8(12)6-11-7-9-2-4-10-5-3-9/h2-5,8,11-12H,6-7H2,1H3/t8-/m0/s1. The largest absolute Gasteiger partial charge is 0.392 e. The predicted octanol–water partition coefficient (Wildman–Crippen LogP) is 0.552. The highest BCUT2D eigenvalue weighted by molar-refractivity contribution is 5.08. The van der Waals surface area contributed by atoms with Crippen LogP contribution in [0.5, 0.6) is 0 Å². The van der Waals surface area contributed by atoms with Crippen molar-refractivity contribution in [1.29, 1.82) is 0 Å². The lowest BCUT2D eigenvalue weighted by Crippen LogP contribution is -2.23. The predicted molar refractivity (Wildman–Crippen MR) is 47.6 cm³/mol. The molecule has 3 nitrogen and oxygen atoms in total. The molecule has 1 heterocycles. The third-order valence-electron chi connectivity index (χ3n) is 1.52. The monoisotopic (exact) mass is 166 g/mol. The molecule has 66 valence electrons. The van der Waals surface area contributed by atoms with E-state index in [1.54, 1.807) is 19.3 Å². The molecule has 0 aliphatic rings. The number of aliphatic hydroxyl groups excluding tert-OH is 1. The third-order valence-corrected chi connectivity index (χ3v) is 1.52. The molecule has 0 saturated heterocycles. The zero-order chi connectivity index (χ0) is 8.81. The van der Waals surface area contributed by atoms with Crippen molar-refractivity contribution < 1.29 is 5.11 Å². The topological polar surface area (TPSA) is 45.1 Å². The first-order valence-electron chi connectivity index (χ1n) is 4.06. The molecule has 1 atom stereocenters. The Morgan fingerprint density at radius 1 is 1.50 bits per heavy atom. The molecule has 3 heteroatoms.